The fourth-order valence-electron chi connectivity index (χ4n) is 4.72. The van der Waals surface area contributed by atoms with Crippen molar-refractivity contribution in [2.45, 2.75) is 31.3 Å². The molecule has 1 unspecified atom stereocenters. The van der Waals surface area contributed by atoms with Crippen LogP contribution < -0.4 is 5.32 Å². The number of amides is 1. The third-order valence-electron chi connectivity index (χ3n) is 6.35. The first-order valence-corrected chi connectivity index (χ1v) is 11.4. The summed E-state index contributed by atoms with van der Waals surface area (Å²) in [6.07, 6.45) is 5.23. The molecule has 0 aliphatic carbocycles. The van der Waals surface area contributed by atoms with Gasteiger partial charge in [0.05, 0.1) is 11.4 Å². The zero-order valence-electron chi connectivity index (χ0n) is 17.5. The molecule has 1 atom stereocenters. The molecule has 1 N–H and O–H groups in total. The first-order chi connectivity index (χ1) is 15.2. The number of hydrogen-bond acceptors (Lipinski definition) is 4. The average Bonchev–Trinajstić information content (AvgIpc) is 3.18. The predicted octanol–water partition coefficient (Wildman–Crippen LogP) is 3.57. The lowest BCUT2D eigenvalue weighted by Gasteiger charge is -2.41. The maximum Gasteiger partial charge on any atom is 0.255 e. The number of carbonyl (C=O) groups excluding carboxylic acids is 1. The third-order valence-corrected chi connectivity index (χ3v) is 6.60. The van der Waals surface area contributed by atoms with E-state index in [0.717, 1.165) is 68.0 Å². The van der Waals surface area contributed by atoms with Gasteiger partial charge < -0.3 is 19.4 Å². The summed E-state index contributed by atoms with van der Waals surface area (Å²) >= 11 is 6.12. The summed E-state index contributed by atoms with van der Waals surface area (Å²) < 4.78 is 8.43. The molecule has 7 heteroatoms. The van der Waals surface area contributed by atoms with Gasteiger partial charge in [-0.3, -0.25) is 4.79 Å². The highest BCUT2D eigenvalue weighted by Gasteiger charge is 2.45. The minimum absolute atomic E-state index is 0.113. The Balaban J connectivity index is 1.59. The Morgan fingerprint density at radius 1 is 1.13 bits per heavy atom. The van der Waals surface area contributed by atoms with Crippen LogP contribution in [0.2, 0.25) is 5.02 Å². The number of ether oxygens (including phenoxy) is 1. The van der Waals surface area contributed by atoms with Crippen molar-refractivity contribution in [2.24, 2.45) is 0 Å². The van der Waals surface area contributed by atoms with E-state index < -0.39 is 5.60 Å². The third kappa shape index (κ3) is 3.95. The molecule has 2 aliphatic heterocycles. The predicted molar refractivity (Wildman–Crippen MR) is 121 cm³/mol. The summed E-state index contributed by atoms with van der Waals surface area (Å²) in [4.78, 5) is 20.6. The van der Waals surface area contributed by atoms with E-state index in [1.807, 2.05) is 53.6 Å². The summed E-state index contributed by atoms with van der Waals surface area (Å²) in [7, 11) is 0. The van der Waals surface area contributed by atoms with E-state index in [4.69, 9.17) is 21.3 Å². The average molecular weight is 439 g/mol. The maximum absolute atomic E-state index is 13.8. The first kappa shape index (κ1) is 20.5. The van der Waals surface area contributed by atoms with Crippen LogP contribution in [0.3, 0.4) is 0 Å². The molecule has 0 spiro atoms. The van der Waals surface area contributed by atoms with Crippen LogP contribution >= 0.6 is 11.6 Å². The van der Waals surface area contributed by atoms with Crippen molar-refractivity contribution in [3.05, 3.63) is 59.4 Å². The zero-order chi connectivity index (χ0) is 21.3. The number of carbonyl (C=O) groups is 1. The number of aromatic nitrogens is 2. The standard InChI is InChI=1S/C24H27ClN4O2/c25-19-8-6-18(7-9-19)22-20(29-13-3-1-5-21(29)27-22)17-24(10-2-4-16-31-24)23(30)28-14-11-26-12-15-28/h1,3,5-9,13,26H,2,4,10-12,14-17H2. The molecule has 1 aromatic carbocycles. The van der Waals surface area contributed by atoms with Crippen LogP contribution in [0.15, 0.2) is 48.7 Å². The minimum Gasteiger partial charge on any atom is -0.365 e. The summed E-state index contributed by atoms with van der Waals surface area (Å²) in [6.45, 7) is 3.72. The lowest BCUT2D eigenvalue weighted by molar-refractivity contribution is -0.165. The molecule has 0 saturated carbocycles. The molecule has 0 bridgehead atoms. The van der Waals surface area contributed by atoms with Gasteiger partial charge in [-0.05, 0) is 43.5 Å². The Morgan fingerprint density at radius 2 is 1.94 bits per heavy atom. The monoisotopic (exact) mass is 438 g/mol. The van der Waals surface area contributed by atoms with Crippen molar-refractivity contribution in [3.8, 4) is 11.3 Å². The maximum atomic E-state index is 13.8. The number of imidazole rings is 1. The SMILES string of the molecule is O=C(N1CCNCC1)C1(Cc2c(-c3ccc(Cl)cc3)nc3ccccn23)CCCCO1. The number of piperazine rings is 1. The van der Waals surface area contributed by atoms with E-state index in [9.17, 15) is 4.79 Å². The number of benzene rings is 1. The highest BCUT2D eigenvalue weighted by atomic mass is 35.5. The smallest absolute Gasteiger partial charge is 0.255 e. The van der Waals surface area contributed by atoms with Gasteiger partial charge in [0.25, 0.3) is 5.91 Å². The zero-order valence-corrected chi connectivity index (χ0v) is 18.3. The first-order valence-electron chi connectivity index (χ1n) is 11.0. The van der Waals surface area contributed by atoms with Crippen molar-refractivity contribution in [2.75, 3.05) is 32.8 Å². The molecule has 2 aromatic heterocycles. The Bertz CT molecular complexity index is 1070. The Kier molecular flexibility index (Phi) is 5.69. The van der Waals surface area contributed by atoms with E-state index >= 15 is 0 Å². The van der Waals surface area contributed by atoms with Crippen molar-refractivity contribution in [1.29, 1.82) is 0 Å². The number of halogens is 1. The quantitative estimate of drug-likeness (QED) is 0.676. The van der Waals surface area contributed by atoms with Gasteiger partial charge in [-0.2, -0.15) is 0 Å². The molecular weight excluding hydrogens is 412 g/mol. The molecule has 0 radical (unpaired) electrons. The summed E-state index contributed by atoms with van der Waals surface area (Å²) in [5.41, 5.74) is 2.89. The molecule has 2 saturated heterocycles. The number of rotatable bonds is 4. The molecule has 31 heavy (non-hydrogen) atoms. The largest absolute Gasteiger partial charge is 0.365 e. The molecule has 2 aliphatic rings. The number of fused-ring (bicyclic) bond motifs is 1. The number of pyridine rings is 1. The van der Waals surface area contributed by atoms with E-state index in [2.05, 4.69) is 9.72 Å². The second-order valence-electron chi connectivity index (χ2n) is 8.36. The van der Waals surface area contributed by atoms with Crippen LogP contribution in [-0.2, 0) is 16.0 Å². The van der Waals surface area contributed by atoms with E-state index in [-0.39, 0.29) is 5.91 Å². The van der Waals surface area contributed by atoms with Crippen molar-refractivity contribution >= 4 is 23.2 Å². The van der Waals surface area contributed by atoms with Gasteiger partial charge >= 0.3 is 0 Å². The molecule has 162 valence electrons. The number of nitrogens with one attached hydrogen (secondary N) is 1. The van der Waals surface area contributed by atoms with E-state index in [1.54, 1.807) is 0 Å². The van der Waals surface area contributed by atoms with Crippen LogP contribution in [0.5, 0.6) is 0 Å². The van der Waals surface area contributed by atoms with Crippen molar-refractivity contribution in [1.82, 2.24) is 19.6 Å². The van der Waals surface area contributed by atoms with Crippen LogP contribution in [0.4, 0.5) is 0 Å². The molecular formula is C24H27ClN4O2. The molecule has 6 nitrogen and oxygen atoms in total. The van der Waals surface area contributed by atoms with Gasteiger partial charge in [0, 0.05) is 56.0 Å². The number of nitrogens with zero attached hydrogens (tertiary/aromatic N) is 3. The Hall–Kier alpha value is -2.41. The molecule has 3 aromatic rings. The van der Waals surface area contributed by atoms with Crippen LogP contribution in [-0.4, -0.2) is 58.6 Å². The normalized spacial score (nSPS) is 22.0. The Labute approximate surface area is 187 Å². The van der Waals surface area contributed by atoms with Gasteiger partial charge in [-0.15, -0.1) is 0 Å². The second-order valence-corrected chi connectivity index (χ2v) is 8.80. The van der Waals surface area contributed by atoms with Crippen molar-refractivity contribution in [3.63, 3.8) is 0 Å². The highest BCUT2D eigenvalue weighted by Crippen LogP contribution is 2.35. The summed E-state index contributed by atoms with van der Waals surface area (Å²) in [6, 6.07) is 13.7. The van der Waals surface area contributed by atoms with Crippen molar-refractivity contribution < 1.29 is 9.53 Å². The Morgan fingerprint density at radius 3 is 2.68 bits per heavy atom. The van der Waals surface area contributed by atoms with Gasteiger partial charge in [0.15, 0.2) is 5.60 Å². The van der Waals surface area contributed by atoms with E-state index in [0.29, 0.717) is 18.1 Å². The second kappa shape index (κ2) is 8.61. The lowest BCUT2D eigenvalue weighted by atomic mass is 9.86. The highest BCUT2D eigenvalue weighted by molar-refractivity contribution is 6.30. The van der Waals surface area contributed by atoms with Gasteiger partial charge in [0.1, 0.15) is 5.65 Å². The lowest BCUT2D eigenvalue weighted by Crippen LogP contribution is -2.58. The molecule has 1 amide bonds. The topological polar surface area (TPSA) is 58.9 Å². The van der Waals surface area contributed by atoms with Gasteiger partial charge in [-0.25, -0.2) is 4.98 Å². The van der Waals surface area contributed by atoms with E-state index in [1.165, 1.54) is 0 Å². The van der Waals surface area contributed by atoms with Gasteiger partial charge in [0.2, 0.25) is 0 Å². The van der Waals surface area contributed by atoms with Crippen LogP contribution in [0.1, 0.15) is 25.0 Å². The summed E-state index contributed by atoms with van der Waals surface area (Å²) in [5.74, 6) is 0.113. The van der Waals surface area contributed by atoms with Gasteiger partial charge in [-0.1, -0.05) is 29.8 Å². The molecule has 5 rings (SSSR count). The van der Waals surface area contributed by atoms with Crippen LogP contribution in [0, 0.1) is 0 Å². The number of hydrogen-bond donors (Lipinski definition) is 1. The molecule has 4 heterocycles. The van der Waals surface area contributed by atoms with Crippen LogP contribution in [0.25, 0.3) is 16.9 Å². The fraction of sp³-hybridized carbons (Fsp3) is 0.417. The molecule has 2 fully saturated rings. The fourth-order valence-corrected chi connectivity index (χ4v) is 4.84. The minimum atomic E-state index is -0.845. The summed E-state index contributed by atoms with van der Waals surface area (Å²) in [5, 5.41) is 4.02.